The van der Waals surface area contributed by atoms with Crippen LogP contribution in [0.3, 0.4) is 0 Å². The Bertz CT molecular complexity index is 1980. The number of aromatic nitrogens is 1. The van der Waals surface area contributed by atoms with Gasteiger partial charge in [-0.3, -0.25) is 9.80 Å². The van der Waals surface area contributed by atoms with Crippen molar-refractivity contribution < 1.29 is 37.0 Å². The van der Waals surface area contributed by atoms with E-state index in [1.165, 1.54) is 17.0 Å². The molecule has 56 heavy (non-hydrogen) atoms. The molecule has 0 bridgehead atoms. The van der Waals surface area contributed by atoms with Crippen LogP contribution in [0.15, 0.2) is 66.9 Å². The van der Waals surface area contributed by atoms with Crippen molar-refractivity contribution in [1.82, 2.24) is 24.6 Å². The fourth-order valence-electron chi connectivity index (χ4n) is 6.65. The molecule has 1 saturated heterocycles. The van der Waals surface area contributed by atoms with Crippen molar-refractivity contribution in [2.24, 2.45) is 0 Å². The van der Waals surface area contributed by atoms with E-state index in [1.54, 1.807) is 54.7 Å². The first kappa shape index (κ1) is 42.7. The molecule has 14 heteroatoms. The Hall–Kier alpha value is -4.46. The third kappa shape index (κ3) is 12.5. The molecule has 0 aliphatic carbocycles. The molecular formula is C42H53ClF3N5O5. The van der Waals surface area contributed by atoms with Gasteiger partial charge in [-0.1, -0.05) is 41.9 Å². The van der Waals surface area contributed by atoms with Crippen LogP contribution in [0.25, 0.3) is 22.0 Å². The van der Waals surface area contributed by atoms with Gasteiger partial charge in [0, 0.05) is 93.6 Å². The maximum Gasteiger partial charge on any atom is 0.573 e. The van der Waals surface area contributed by atoms with E-state index in [-0.39, 0.29) is 12.3 Å². The normalized spacial score (nSPS) is 14.5. The number of nitrogens with zero attached hydrogens (tertiary/aromatic N) is 4. The molecule has 0 saturated carbocycles. The van der Waals surface area contributed by atoms with E-state index in [1.807, 2.05) is 24.4 Å². The lowest BCUT2D eigenvalue weighted by Crippen LogP contribution is -2.45. The number of fused-ring (bicyclic) bond motifs is 1. The van der Waals surface area contributed by atoms with Crippen LogP contribution in [-0.4, -0.2) is 88.8 Å². The van der Waals surface area contributed by atoms with Crippen molar-refractivity contribution in [3.05, 3.63) is 88.6 Å². The van der Waals surface area contributed by atoms with Crippen LogP contribution in [0.2, 0.25) is 5.02 Å². The summed E-state index contributed by atoms with van der Waals surface area (Å²) in [6, 6.07) is 18.4. The Balaban J connectivity index is 1.44. The van der Waals surface area contributed by atoms with Gasteiger partial charge in [0.2, 0.25) is 0 Å². The average molecular weight is 800 g/mol. The number of carbonyl (C=O) groups is 2. The summed E-state index contributed by atoms with van der Waals surface area (Å²) in [6.07, 6.45) is -3.43. The fourth-order valence-corrected chi connectivity index (χ4v) is 6.84. The number of alkyl carbamates (subject to hydrolysis) is 1. The van der Waals surface area contributed by atoms with Gasteiger partial charge in [-0.25, -0.2) is 9.59 Å². The SMILES string of the molecule is CN(Cc1cc(OC(F)(F)F)ccc1-c1cn(CCCNC(=O)OC(C)(C)C)c2ccc(CN3CCN(Cc4ccccc4Cl)CC3)cc12)C(=O)OC(C)(C)C. The first-order valence-electron chi connectivity index (χ1n) is 18.8. The molecular weight excluding hydrogens is 747 g/mol. The predicted molar refractivity (Wildman–Crippen MR) is 213 cm³/mol. The van der Waals surface area contributed by atoms with Gasteiger partial charge in [-0.05, 0) is 101 Å². The molecule has 1 aromatic heterocycles. The minimum Gasteiger partial charge on any atom is -0.444 e. The van der Waals surface area contributed by atoms with Gasteiger partial charge in [0.05, 0.1) is 0 Å². The quantitative estimate of drug-likeness (QED) is 0.143. The molecule has 0 unspecified atom stereocenters. The number of ether oxygens (including phenoxy) is 3. The number of piperazine rings is 1. The van der Waals surface area contributed by atoms with E-state index in [0.29, 0.717) is 37.2 Å². The highest BCUT2D eigenvalue weighted by Gasteiger charge is 2.32. The van der Waals surface area contributed by atoms with Crippen molar-refractivity contribution in [2.45, 2.75) is 91.7 Å². The van der Waals surface area contributed by atoms with Gasteiger partial charge in [0.25, 0.3) is 0 Å². The van der Waals surface area contributed by atoms with Gasteiger partial charge < -0.3 is 29.0 Å². The molecule has 10 nitrogen and oxygen atoms in total. The van der Waals surface area contributed by atoms with E-state index in [0.717, 1.165) is 65.3 Å². The molecule has 3 aromatic carbocycles. The summed E-state index contributed by atoms with van der Waals surface area (Å²) in [5.41, 5.74) is 3.63. The highest BCUT2D eigenvalue weighted by Crippen LogP contribution is 2.37. The van der Waals surface area contributed by atoms with E-state index in [4.69, 9.17) is 21.1 Å². The number of halogens is 4. The van der Waals surface area contributed by atoms with Crippen molar-refractivity contribution in [3.8, 4) is 16.9 Å². The van der Waals surface area contributed by atoms with Crippen LogP contribution < -0.4 is 10.1 Å². The molecule has 304 valence electrons. The number of carbonyl (C=O) groups excluding carboxylic acids is 2. The molecule has 2 heterocycles. The van der Waals surface area contributed by atoms with Crippen LogP contribution in [0.5, 0.6) is 5.75 Å². The van der Waals surface area contributed by atoms with Gasteiger partial charge in [0.15, 0.2) is 0 Å². The minimum absolute atomic E-state index is 0.0378. The summed E-state index contributed by atoms with van der Waals surface area (Å²) in [6.45, 7) is 16.6. The molecule has 4 aromatic rings. The van der Waals surface area contributed by atoms with Gasteiger partial charge in [0.1, 0.15) is 17.0 Å². The summed E-state index contributed by atoms with van der Waals surface area (Å²) in [4.78, 5) is 31.4. The second-order valence-electron chi connectivity index (χ2n) is 16.2. The number of hydrogen-bond acceptors (Lipinski definition) is 7. The zero-order chi connectivity index (χ0) is 40.8. The molecule has 0 spiro atoms. The maximum atomic E-state index is 13.4. The molecule has 1 aliphatic heterocycles. The number of alkyl halides is 3. The highest BCUT2D eigenvalue weighted by molar-refractivity contribution is 6.31. The minimum atomic E-state index is -4.89. The Labute approximate surface area is 332 Å². The van der Waals surface area contributed by atoms with Crippen LogP contribution in [0.4, 0.5) is 22.8 Å². The topological polar surface area (TPSA) is 88.5 Å². The number of aryl methyl sites for hydroxylation is 1. The van der Waals surface area contributed by atoms with E-state index >= 15 is 0 Å². The number of benzene rings is 3. The molecule has 0 atom stereocenters. The monoisotopic (exact) mass is 799 g/mol. The summed E-state index contributed by atoms with van der Waals surface area (Å²) in [5.74, 6) is -0.389. The summed E-state index contributed by atoms with van der Waals surface area (Å²) >= 11 is 6.42. The first-order chi connectivity index (χ1) is 26.2. The zero-order valence-corrected chi connectivity index (χ0v) is 34.0. The molecule has 1 N–H and O–H groups in total. The molecule has 2 amide bonds. The average Bonchev–Trinajstić information content (AvgIpc) is 3.43. The van der Waals surface area contributed by atoms with Crippen molar-refractivity contribution in [1.29, 1.82) is 0 Å². The second kappa shape index (κ2) is 17.8. The third-order valence-electron chi connectivity index (χ3n) is 9.13. The smallest absolute Gasteiger partial charge is 0.444 e. The lowest BCUT2D eigenvalue weighted by atomic mass is 9.97. The van der Waals surface area contributed by atoms with Gasteiger partial charge in [-0.15, -0.1) is 13.2 Å². The Kier molecular flexibility index (Phi) is 13.5. The summed E-state index contributed by atoms with van der Waals surface area (Å²) in [5, 5.41) is 4.49. The molecule has 1 aliphatic rings. The van der Waals surface area contributed by atoms with Gasteiger partial charge >= 0.3 is 18.5 Å². The lowest BCUT2D eigenvalue weighted by Gasteiger charge is -2.35. The lowest BCUT2D eigenvalue weighted by molar-refractivity contribution is -0.274. The standard InChI is InChI=1S/C42H53ClF3N5O5/c1-40(2,3)55-38(52)47-17-10-18-51-28-35(33-15-14-32(54-42(44,45)46)24-31(33)26-48(7)39(53)56-41(4,5)6)34-23-29(13-16-37(34)51)25-49-19-21-50(22-20-49)27-30-11-8-9-12-36(30)43/h8-9,11-16,23-24,28H,10,17-22,25-27H2,1-7H3,(H,47,52). The number of hydrogen-bond donors (Lipinski definition) is 1. The summed E-state index contributed by atoms with van der Waals surface area (Å²) < 4.78 is 57.5. The van der Waals surface area contributed by atoms with E-state index in [9.17, 15) is 22.8 Å². The maximum absolute atomic E-state index is 13.4. The van der Waals surface area contributed by atoms with Crippen molar-refractivity contribution in [2.75, 3.05) is 39.8 Å². The highest BCUT2D eigenvalue weighted by atomic mass is 35.5. The molecule has 5 rings (SSSR count). The Morgan fingerprint density at radius 2 is 1.48 bits per heavy atom. The third-order valence-corrected chi connectivity index (χ3v) is 9.49. The van der Waals surface area contributed by atoms with Crippen LogP contribution in [0.1, 0.15) is 64.7 Å². The molecule has 0 radical (unpaired) electrons. The second-order valence-corrected chi connectivity index (χ2v) is 16.6. The molecule has 1 fully saturated rings. The Morgan fingerprint density at radius 3 is 2.12 bits per heavy atom. The predicted octanol–water partition coefficient (Wildman–Crippen LogP) is 9.46. The van der Waals surface area contributed by atoms with Crippen LogP contribution in [-0.2, 0) is 35.7 Å². The fraction of sp³-hybridized carbons (Fsp3) is 0.476. The first-order valence-corrected chi connectivity index (χ1v) is 19.2. The Morgan fingerprint density at radius 1 is 0.821 bits per heavy atom. The number of amides is 2. The van der Waals surface area contributed by atoms with E-state index in [2.05, 4.69) is 48.7 Å². The van der Waals surface area contributed by atoms with Crippen molar-refractivity contribution >= 4 is 34.7 Å². The van der Waals surface area contributed by atoms with E-state index < -0.39 is 29.8 Å². The number of nitrogens with one attached hydrogen (secondary N) is 1. The zero-order valence-electron chi connectivity index (χ0n) is 33.3. The van der Waals surface area contributed by atoms with Crippen LogP contribution >= 0.6 is 11.6 Å². The van der Waals surface area contributed by atoms with Crippen molar-refractivity contribution in [3.63, 3.8) is 0 Å². The van der Waals surface area contributed by atoms with Crippen LogP contribution in [0, 0.1) is 0 Å². The largest absolute Gasteiger partial charge is 0.573 e. The van der Waals surface area contributed by atoms with Gasteiger partial charge in [-0.2, -0.15) is 0 Å². The summed E-state index contributed by atoms with van der Waals surface area (Å²) in [7, 11) is 1.54. The number of rotatable bonds is 12.